The Morgan fingerprint density at radius 3 is 1.34 bits per heavy atom. The molecule has 2 fully saturated rings. The molecule has 2 aliphatic heterocycles. The van der Waals surface area contributed by atoms with Crippen molar-refractivity contribution in [3.05, 3.63) is 47.5 Å². The van der Waals surface area contributed by atoms with Gasteiger partial charge in [-0.15, -0.1) is 0 Å². The smallest absolute Gasteiger partial charge is 0.227 e. The molecule has 32 heavy (non-hydrogen) atoms. The summed E-state index contributed by atoms with van der Waals surface area (Å²) in [4.78, 5) is 28.8. The van der Waals surface area contributed by atoms with Crippen LogP contribution in [0.5, 0.6) is 0 Å². The summed E-state index contributed by atoms with van der Waals surface area (Å²) >= 11 is 0. The first-order chi connectivity index (χ1) is 14.9. The molecule has 4 nitrogen and oxygen atoms in total. The van der Waals surface area contributed by atoms with E-state index in [1.165, 1.54) is 11.1 Å². The van der Waals surface area contributed by atoms with Crippen molar-refractivity contribution in [1.29, 1.82) is 0 Å². The maximum absolute atomic E-state index is 12.5. The maximum Gasteiger partial charge on any atom is 0.227 e. The number of hydrogen-bond acceptors (Lipinski definition) is 2. The van der Waals surface area contributed by atoms with E-state index in [-0.39, 0.29) is 22.6 Å². The van der Waals surface area contributed by atoms with Gasteiger partial charge in [-0.1, -0.05) is 59.7 Å². The molecule has 2 aromatic carbocycles. The molecule has 0 atom stereocenters. The highest BCUT2D eigenvalue weighted by Gasteiger charge is 2.27. The van der Waals surface area contributed by atoms with Gasteiger partial charge in [-0.25, -0.2) is 0 Å². The van der Waals surface area contributed by atoms with Gasteiger partial charge >= 0.3 is 0 Å². The third-order valence-corrected chi connectivity index (χ3v) is 6.67. The quantitative estimate of drug-likeness (QED) is 0.579. The molecule has 0 N–H and O–H groups in total. The number of nitrogens with zero attached hydrogens (tertiary/aromatic N) is 2. The molecule has 170 valence electrons. The van der Waals surface area contributed by atoms with Gasteiger partial charge in [0.15, 0.2) is 0 Å². The van der Waals surface area contributed by atoms with E-state index < -0.39 is 0 Å². The van der Waals surface area contributed by atoms with Crippen molar-refractivity contribution < 1.29 is 9.59 Å². The Morgan fingerprint density at radius 1 is 0.594 bits per heavy atom. The van der Waals surface area contributed by atoms with Crippen LogP contribution >= 0.6 is 0 Å². The first-order valence-corrected chi connectivity index (χ1v) is 11.9. The van der Waals surface area contributed by atoms with Crippen LogP contribution in [0.15, 0.2) is 36.4 Å². The van der Waals surface area contributed by atoms with Gasteiger partial charge in [-0.3, -0.25) is 9.59 Å². The van der Waals surface area contributed by atoms with Gasteiger partial charge < -0.3 is 9.80 Å². The minimum Gasteiger partial charge on any atom is -0.312 e. The van der Waals surface area contributed by atoms with E-state index in [9.17, 15) is 9.59 Å². The molecule has 2 heterocycles. The minimum atomic E-state index is 0.0201. The van der Waals surface area contributed by atoms with Crippen molar-refractivity contribution in [2.24, 2.45) is 0 Å². The largest absolute Gasteiger partial charge is 0.312 e. The van der Waals surface area contributed by atoms with Gasteiger partial charge in [0.2, 0.25) is 11.8 Å². The zero-order valence-electron chi connectivity index (χ0n) is 20.4. The van der Waals surface area contributed by atoms with E-state index >= 15 is 0 Å². The van der Waals surface area contributed by atoms with Gasteiger partial charge in [-0.2, -0.15) is 0 Å². The Bertz CT molecular complexity index is 980. The molecule has 0 aliphatic carbocycles. The van der Waals surface area contributed by atoms with Crippen molar-refractivity contribution in [2.45, 2.75) is 78.1 Å². The summed E-state index contributed by atoms with van der Waals surface area (Å²) in [5, 5.41) is 0. The second-order valence-corrected chi connectivity index (χ2v) is 11.3. The normalized spacial score (nSPS) is 17.6. The number of hydrogen-bond donors (Lipinski definition) is 0. The zero-order chi connectivity index (χ0) is 23.3. The Kier molecular flexibility index (Phi) is 5.68. The number of carbonyl (C=O) groups is 2. The predicted octanol–water partition coefficient (Wildman–Crippen LogP) is 6.20. The highest BCUT2D eigenvalue weighted by Crippen LogP contribution is 2.38. The summed E-state index contributed by atoms with van der Waals surface area (Å²) < 4.78 is 0. The molecule has 2 aromatic rings. The zero-order valence-corrected chi connectivity index (χ0v) is 20.4. The highest BCUT2D eigenvalue weighted by atomic mass is 16.2. The fourth-order valence-corrected chi connectivity index (χ4v) is 4.58. The standard InChI is InChI=1S/C28H36N2O2/c1-27(2,3)21-13-19(14-22(17-21)28(4,5)6)20-15-23(29-11-7-9-25(29)31)18-24(16-20)30-12-8-10-26(30)32/h13-18H,7-12H2,1-6H3. The van der Waals surface area contributed by atoms with E-state index in [0.717, 1.165) is 48.4 Å². The first kappa shape index (κ1) is 22.6. The van der Waals surface area contributed by atoms with Crippen LogP contribution in [0.2, 0.25) is 0 Å². The van der Waals surface area contributed by atoms with Crippen molar-refractivity contribution in [3.8, 4) is 11.1 Å². The summed E-state index contributed by atoms with van der Waals surface area (Å²) in [5.41, 5.74) is 6.63. The van der Waals surface area contributed by atoms with E-state index in [1.54, 1.807) is 0 Å². The molecule has 0 spiro atoms. The van der Waals surface area contributed by atoms with Crippen LogP contribution in [0.1, 0.15) is 78.4 Å². The molecular formula is C28H36N2O2. The Morgan fingerprint density at radius 2 is 1.00 bits per heavy atom. The predicted molar refractivity (Wildman–Crippen MR) is 132 cm³/mol. The van der Waals surface area contributed by atoms with Gasteiger partial charge in [0, 0.05) is 37.3 Å². The van der Waals surface area contributed by atoms with Gasteiger partial charge in [0.05, 0.1) is 0 Å². The molecule has 0 bridgehead atoms. The maximum atomic E-state index is 12.5. The number of carbonyl (C=O) groups excluding carboxylic acids is 2. The van der Waals surface area contributed by atoms with E-state index in [1.807, 2.05) is 15.9 Å². The van der Waals surface area contributed by atoms with Crippen molar-refractivity contribution in [2.75, 3.05) is 22.9 Å². The summed E-state index contributed by atoms with van der Waals surface area (Å²) in [6.07, 6.45) is 2.95. The monoisotopic (exact) mass is 432 g/mol. The molecule has 0 unspecified atom stereocenters. The van der Waals surface area contributed by atoms with Crippen LogP contribution in [0.3, 0.4) is 0 Å². The number of rotatable bonds is 3. The Labute approximate surface area is 192 Å². The average Bonchev–Trinajstić information content (AvgIpc) is 3.34. The SMILES string of the molecule is CC(C)(C)c1cc(-c2cc(N3CCCC3=O)cc(N3CCCC3=O)c2)cc(C(C)(C)C)c1. The fourth-order valence-electron chi connectivity index (χ4n) is 4.58. The van der Waals surface area contributed by atoms with Gasteiger partial charge in [0.1, 0.15) is 0 Å². The van der Waals surface area contributed by atoms with Crippen LogP contribution in [-0.2, 0) is 20.4 Å². The molecule has 0 aromatic heterocycles. The lowest BCUT2D eigenvalue weighted by atomic mass is 9.79. The van der Waals surface area contributed by atoms with Gasteiger partial charge in [-0.05, 0) is 64.1 Å². The average molecular weight is 433 g/mol. The first-order valence-electron chi connectivity index (χ1n) is 11.9. The van der Waals surface area contributed by atoms with Crippen molar-refractivity contribution in [3.63, 3.8) is 0 Å². The van der Waals surface area contributed by atoms with Crippen molar-refractivity contribution >= 4 is 23.2 Å². The second-order valence-electron chi connectivity index (χ2n) is 11.3. The second kappa shape index (κ2) is 8.06. The number of amides is 2. The lowest BCUT2D eigenvalue weighted by molar-refractivity contribution is -0.117. The number of benzene rings is 2. The lowest BCUT2D eigenvalue weighted by Crippen LogP contribution is -2.26. The van der Waals surface area contributed by atoms with E-state index in [0.29, 0.717) is 12.8 Å². The molecule has 0 saturated carbocycles. The molecule has 0 radical (unpaired) electrons. The van der Waals surface area contributed by atoms with E-state index in [4.69, 9.17) is 0 Å². The molecule has 2 saturated heterocycles. The lowest BCUT2D eigenvalue weighted by Gasteiger charge is -2.27. The van der Waals surface area contributed by atoms with Crippen molar-refractivity contribution in [1.82, 2.24) is 0 Å². The molecule has 4 rings (SSSR count). The minimum absolute atomic E-state index is 0.0201. The van der Waals surface area contributed by atoms with Crippen LogP contribution in [-0.4, -0.2) is 24.9 Å². The number of anilines is 2. The fraction of sp³-hybridized carbons (Fsp3) is 0.500. The summed E-state index contributed by atoms with van der Waals surface area (Å²) in [7, 11) is 0. The van der Waals surface area contributed by atoms with Crippen LogP contribution < -0.4 is 9.80 Å². The molecule has 2 aliphatic rings. The third kappa shape index (κ3) is 4.46. The topological polar surface area (TPSA) is 40.6 Å². The highest BCUT2D eigenvalue weighted by molar-refractivity contribution is 6.00. The van der Waals surface area contributed by atoms with Gasteiger partial charge in [0.25, 0.3) is 0 Å². The summed E-state index contributed by atoms with van der Waals surface area (Å²) in [6, 6.07) is 13.1. The molecular weight excluding hydrogens is 396 g/mol. The summed E-state index contributed by atoms with van der Waals surface area (Å²) in [6.45, 7) is 14.9. The van der Waals surface area contributed by atoms with Crippen LogP contribution in [0.25, 0.3) is 11.1 Å². The van der Waals surface area contributed by atoms with Crippen LogP contribution in [0.4, 0.5) is 11.4 Å². The Hall–Kier alpha value is -2.62. The molecule has 2 amide bonds. The third-order valence-electron chi connectivity index (χ3n) is 6.67. The summed E-state index contributed by atoms with van der Waals surface area (Å²) in [5.74, 6) is 0.333. The molecule has 4 heteroatoms. The van der Waals surface area contributed by atoms with Crippen LogP contribution in [0, 0.1) is 0 Å². The van der Waals surface area contributed by atoms with E-state index in [2.05, 4.69) is 71.9 Å². The Balaban J connectivity index is 1.90.